The Morgan fingerprint density at radius 1 is 1.15 bits per heavy atom. The molecule has 2 aliphatic heterocycles. The Bertz CT molecular complexity index is 747. The average Bonchev–Trinajstić information content (AvgIpc) is 2.57. The average molecular weight is 384 g/mol. The van der Waals surface area contributed by atoms with Gasteiger partial charge in [-0.1, -0.05) is 6.07 Å². The summed E-state index contributed by atoms with van der Waals surface area (Å²) in [6.45, 7) is 6.54. The molecule has 27 heavy (non-hydrogen) atoms. The predicted octanol–water partition coefficient (Wildman–Crippen LogP) is 4.07. The minimum Gasteiger partial charge on any atom is -0.444 e. The van der Waals surface area contributed by atoms with Crippen molar-refractivity contribution in [3.05, 3.63) is 29.8 Å². The van der Waals surface area contributed by atoms with Gasteiger partial charge >= 0.3 is 12.3 Å². The molecule has 1 aromatic rings. The van der Waals surface area contributed by atoms with E-state index in [-0.39, 0.29) is 11.6 Å². The van der Waals surface area contributed by atoms with Gasteiger partial charge < -0.3 is 14.5 Å². The van der Waals surface area contributed by atoms with E-state index in [1.54, 1.807) is 25.7 Å². The lowest BCUT2D eigenvalue weighted by molar-refractivity contribution is -0.139. The zero-order valence-electron chi connectivity index (χ0n) is 15.6. The largest absolute Gasteiger partial charge is 0.444 e. The van der Waals surface area contributed by atoms with E-state index < -0.39 is 28.8 Å². The molecule has 0 unspecified atom stereocenters. The Kier molecular flexibility index (Phi) is 4.64. The van der Waals surface area contributed by atoms with Crippen molar-refractivity contribution < 1.29 is 27.5 Å². The highest BCUT2D eigenvalue weighted by Gasteiger charge is 2.54. The van der Waals surface area contributed by atoms with Crippen LogP contribution in [0, 0.1) is 5.41 Å². The number of hydrogen-bond acceptors (Lipinski definition) is 3. The first-order valence-electron chi connectivity index (χ1n) is 8.88. The van der Waals surface area contributed by atoms with E-state index in [0.717, 1.165) is 12.1 Å². The second kappa shape index (κ2) is 6.42. The van der Waals surface area contributed by atoms with Gasteiger partial charge in [-0.25, -0.2) is 4.79 Å². The number of piperidine rings is 1. The fourth-order valence-corrected chi connectivity index (χ4v) is 3.51. The first-order valence-corrected chi connectivity index (χ1v) is 8.88. The molecule has 2 amide bonds. The first-order chi connectivity index (χ1) is 12.4. The molecule has 0 aromatic heterocycles. The Hall–Kier alpha value is -2.25. The number of anilines is 1. The van der Waals surface area contributed by atoms with Gasteiger partial charge in [0.15, 0.2) is 0 Å². The zero-order chi connectivity index (χ0) is 20.0. The molecule has 2 fully saturated rings. The molecule has 8 heteroatoms. The van der Waals surface area contributed by atoms with Crippen molar-refractivity contribution in [2.45, 2.75) is 45.4 Å². The molecule has 5 nitrogen and oxygen atoms in total. The number of β-lactam (4-membered cyclic amide) rings is 1. The normalized spacial score (nSPS) is 19.9. The van der Waals surface area contributed by atoms with Crippen molar-refractivity contribution in [1.29, 1.82) is 0 Å². The van der Waals surface area contributed by atoms with E-state index in [1.807, 2.05) is 0 Å². The molecular weight excluding hydrogens is 361 g/mol. The van der Waals surface area contributed by atoms with Crippen LogP contribution in [0.2, 0.25) is 0 Å². The second-order valence-corrected chi connectivity index (χ2v) is 8.19. The van der Waals surface area contributed by atoms with Crippen molar-refractivity contribution in [3.63, 3.8) is 0 Å². The van der Waals surface area contributed by atoms with Crippen LogP contribution in [-0.2, 0) is 15.7 Å². The molecule has 0 atom stereocenters. The molecule has 0 radical (unpaired) electrons. The van der Waals surface area contributed by atoms with Gasteiger partial charge in [0.05, 0.1) is 11.0 Å². The third-order valence-corrected chi connectivity index (χ3v) is 5.02. The van der Waals surface area contributed by atoms with Crippen LogP contribution in [0.15, 0.2) is 24.3 Å². The topological polar surface area (TPSA) is 49.9 Å². The molecule has 2 heterocycles. The predicted molar refractivity (Wildman–Crippen MR) is 93.3 cm³/mol. The van der Waals surface area contributed by atoms with E-state index >= 15 is 0 Å². The fraction of sp³-hybridized carbons (Fsp3) is 0.579. The lowest BCUT2D eigenvalue weighted by atomic mass is 9.71. The number of amides is 2. The third kappa shape index (κ3) is 3.89. The van der Waals surface area contributed by atoms with Crippen molar-refractivity contribution in [3.8, 4) is 0 Å². The maximum atomic E-state index is 12.9. The summed E-state index contributed by atoms with van der Waals surface area (Å²) in [6, 6.07) is 4.81. The summed E-state index contributed by atoms with van der Waals surface area (Å²) in [5, 5.41) is 0. The van der Waals surface area contributed by atoms with E-state index in [9.17, 15) is 22.8 Å². The van der Waals surface area contributed by atoms with Crippen LogP contribution >= 0.6 is 0 Å². The summed E-state index contributed by atoms with van der Waals surface area (Å²) in [5.41, 5.74) is -1.69. The van der Waals surface area contributed by atoms with E-state index in [1.165, 1.54) is 17.0 Å². The number of carbonyl (C=O) groups is 2. The molecule has 1 aromatic carbocycles. The Labute approximate surface area is 156 Å². The van der Waals surface area contributed by atoms with Crippen LogP contribution in [0.5, 0.6) is 0 Å². The Morgan fingerprint density at radius 3 is 2.30 bits per heavy atom. The number of hydrogen-bond donors (Lipinski definition) is 0. The summed E-state index contributed by atoms with van der Waals surface area (Å²) in [5.74, 6) is -0.175. The number of rotatable bonds is 1. The van der Waals surface area contributed by atoms with Gasteiger partial charge in [-0.2, -0.15) is 13.2 Å². The van der Waals surface area contributed by atoms with Gasteiger partial charge in [0.1, 0.15) is 5.60 Å². The number of alkyl halides is 3. The molecule has 1 spiro atoms. The molecule has 148 valence electrons. The smallest absolute Gasteiger partial charge is 0.416 e. The summed E-state index contributed by atoms with van der Waals surface area (Å²) < 4.78 is 44.0. The minimum absolute atomic E-state index is 0.175. The van der Waals surface area contributed by atoms with Gasteiger partial charge in [0.2, 0.25) is 5.91 Å². The van der Waals surface area contributed by atoms with Gasteiger partial charge in [0, 0.05) is 25.3 Å². The van der Waals surface area contributed by atoms with Crippen LogP contribution in [0.4, 0.5) is 23.7 Å². The molecule has 0 saturated carbocycles. The summed E-state index contributed by atoms with van der Waals surface area (Å²) in [7, 11) is 0. The number of benzene rings is 1. The highest BCUT2D eigenvalue weighted by Crippen LogP contribution is 2.44. The van der Waals surface area contributed by atoms with Crippen molar-refractivity contribution >= 4 is 17.7 Å². The molecular formula is C19H23F3N2O3. The molecule has 0 bridgehead atoms. The highest BCUT2D eigenvalue weighted by molar-refractivity contribution is 6.04. The maximum Gasteiger partial charge on any atom is 0.416 e. The highest BCUT2D eigenvalue weighted by atomic mass is 19.4. The summed E-state index contributed by atoms with van der Waals surface area (Å²) in [6.07, 6.45) is -3.87. The SMILES string of the molecule is CC(C)(C)OC(=O)N1CCC2(CC1)CN(c1cccc(C(F)(F)F)c1)C2=O. The van der Waals surface area contributed by atoms with Crippen LogP contribution < -0.4 is 4.90 Å². The zero-order valence-corrected chi connectivity index (χ0v) is 15.6. The number of likely N-dealkylation sites (tertiary alicyclic amines) is 1. The maximum absolute atomic E-state index is 12.9. The quantitative estimate of drug-likeness (QED) is 0.686. The lowest BCUT2D eigenvalue weighted by Crippen LogP contribution is -2.65. The monoisotopic (exact) mass is 384 g/mol. The summed E-state index contributed by atoms with van der Waals surface area (Å²) in [4.78, 5) is 27.8. The van der Waals surface area contributed by atoms with Crippen molar-refractivity contribution in [2.75, 3.05) is 24.5 Å². The second-order valence-electron chi connectivity index (χ2n) is 8.19. The van der Waals surface area contributed by atoms with Crippen molar-refractivity contribution in [1.82, 2.24) is 4.90 Å². The van der Waals surface area contributed by atoms with Gasteiger partial charge in [0.25, 0.3) is 0 Å². The number of carbonyl (C=O) groups excluding carboxylic acids is 2. The number of halogens is 3. The van der Waals surface area contributed by atoms with Crippen molar-refractivity contribution in [2.24, 2.45) is 5.41 Å². The molecule has 3 rings (SSSR count). The van der Waals surface area contributed by atoms with Crippen LogP contribution in [-0.4, -0.2) is 42.1 Å². The van der Waals surface area contributed by atoms with Crippen LogP contribution in [0.25, 0.3) is 0 Å². The third-order valence-electron chi connectivity index (χ3n) is 5.02. The van der Waals surface area contributed by atoms with Gasteiger partial charge in [-0.15, -0.1) is 0 Å². The first kappa shape index (κ1) is 19.5. The fourth-order valence-electron chi connectivity index (χ4n) is 3.51. The Balaban J connectivity index is 1.63. The number of nitrogens with zero attached hydrogens (tertiary/aromatic N) is 2. The molecule has 0 N–H and O–H groups in total. The minimum atomic E-state index is -4.44. The lowest BCUT2D eigenvalue weighted by Gasteiger charge is -2.52. The van der Waals surface area contributed by atoms with Gasteiger partial charge in [-0.3, -0.25) is 4.79 Å². The molecule has 0 aliphatic carbocycles. The standard InChI is InChI=1S/C19H23F3N2O3/c1-17(2,3)27-16(26)23-9-7-18(8-10-23)12-24(15(18)25)14-6-4-5-13(11-14)19(20,21)22/h4-6,11H,7-10,12H2,1-3H3. The number of ether oxygens (including phenoxy) is 1. The van der Waals surface area contributed by atoms with E-state index in [4.69, 9.17) is 4.74 Å². The van der Waals surface area contributed by atoms with E-state index in [2.05, 4.69) is 0 Å². The Morgan fingerprint density at radius 2 is 1.78 bits per heavy atom. The van der Waals surface area contributed by atoms with E-state index in [0.29, 0.717) is 32.5 Å². The van der Waals surface area contributed by atoms with Crippen LogP contribution in [0.1, 0.15) is 39.2 Å². The van der Waals surface area contributed by atoms with Crippen LogP contribution in [0.3, 0.4) is 0 Å². The molecule has 2 saturated heterocycles. The van der Waals surface area contributed by atoms with Gasteiger partial charge in [-0.05, 0) is 51.8 Å². The molecule has 2 aliphatic rings. The summed E-state index contributed by atoms with van der Waals surface area (Å²) >= 11 is 0.